The van der Waals surface area contributed by atoms with Gasteiger partial charge in [0.15, 0.2) is 5.89 Å². The van der Waals surface area contributed by atoms with Crippen LogP contribution in [0.5, 0.6) is 0 Å². The Morgan fingerprint density at radius 1 is 1.39 bits per heavy atom. The van der Waals surface area contributed by atoms with Crippen LogP contribution in [0.2, 0.25) is 0 Å². The monoisotopic (exact) mass is 320 g/mol. The molecule has 0 unspecified atom stereocenters. The molecule has 1 aromatic heterocycles. The number of carbonyl (C=O) groups is 1. The first-order valence-corrected chi connectivity index (χ1v) is 9.04. The van der Waals surface area contributed by atoms with E-state index in [4.69, 9.17) is 4.42 Å². The molecule has 0 saturated heterocycles. The Kier molecular flexibility index (Phi) is 5.05. The van der Waals surface area contributed by atoms with Gasteiger partial charge in [-0.2, -0.15) is 0 Å². The highest BCUT2D eigenvalue weighted by Gasteiger charge is 2.50. The summed E-state index contributed by atoms with van der Waals surface area (Å²) in [5.74, 6) is 1.79. The van der Waals surface area contributed by atoms with Crippen molar-refractivity contribution >= 4 is 5.91 Å². The number of aromatic nitrogens is 1. The predicted octanol–water partition coefficient (Wildman–Crippen LogP) is 2.96. The van der Waals surface area contributed by atoms with Crippen LogP contribution in [-0.4, -0.2) is 21.6 Å². The lowest BCUT2D eigenvalue weighted by atomic mass is 9.61. The zero-order valence-corrected chi connectivity index (χ0v) is 14.0. The minimum atomic E-state index is -0.594. The average Bonchev–Trinajstić information content (AvgIpc) is 2.98. The van der Waals surface area contributed by atoms with E-state index in [0.29, 0.717) is 31.1 Å². The van der Waals surface area contributed by atoms with Gasteiger partial charge >= 0.3 is 0 Å². The molecule has 2 aliphatic carbocycles. The number of amides is 1. The van der Waals surface area contributed by atoms with Gasteiger partial charge in [-0.05, 0) is 38.0 Å². The van der Waals surface area contributed by atoms with Gasteiger partial charge in [0.25, 0.3) is 0 Å². The molecule has 5 heteroatoms. The van der Waals surface area contributed by atoms with E-state index < -0.39 is 5.60 Å². The Bertz CT molecular complexity index is 528. The molecule has 0 bridgehead atoms. The van der Waals surface area contributed by atoms with Crippen LogP contribution in [0.1, 0.15) is 69.9 Å². The third-order valence-electron chi connectivity index (χ3n) is 5.44. The van der Waals surface area contributed by atoms with Crippen LogP contribution < -0.4 is 5.32 Å². The van der Waals surface area contributed by atoms with Crippen LogP contribution >= 0.6 is 0 Å². The molecular formula is C18H28N2O3. The third kappa shape index (κ3) is 3.77. The fourth-order valence-corrected chi connectivity index (χ4v) is 4.03. The molecule has 23 heavy (non-hydrogen) atoms. The summed E-state index contributed by atoms with van der Waals surface area (Å²) in [6.45, 7) is 2.46. The Hall–Kier alpha value is -1.36. The molecule has 2 saturated carbocycles. The number of oxazole rings is 1. The van der Waals surface area contributed by atoms with Gasteiger partial charge in [-0.25, -0.2) is 4.98 Å². The van der Waals surface area contributed by atoms with E-state index >= 15 is 0 Å². The number of aryl methyl sites for hydroxylation is 1. The lowest BCUT2D eigenvalue weighted by Crippen LogP contribution is -2.54. The molecule has 1 amide bonds. The van der Waals surface area contributed by atoms with Crippen LogP contribution in [0.15, 0.2) is 10.6 Å². The van der Waals surface area contributed by atoms with Gasteiger partial charge in [0.2, 0.25) is 5.91 Å². The molecule has 2 fully saturated rings. The van der Waals surface area contributed by atoms with Crippen molar-refractivity contribution < 1.29 is 14.3 Å². The number of carbonyl (C=O) groups excluding carboxylic acids is 1. The zero-order chi connectivity index (χ0) is 16.3. The van der Waals surface area contributed by atoms with Crippen molar-refractivity contribution in [3.63, 3.8) is 0 Å². The second-order valence-corrected chi connectivity index (χ2v) is 7.23. The normalized spacial score (nSPS) is 28.3. The summed E-state index contributed by atoms with van der Waals surface area (Å²) in [4.78, 5) is 16.4. The van der Waals surface area contributed by atoms with E-state index in [1.165, 1.54) is 19.3 Å². The smallest absolute Gasteiger partial charge is 0.223 e. The number of hydrogen-bond donors (Lipinski definition) is 2. The second kappa shape index (κ2) is 7.04. The second-order valence-electron chi connectivity index (χ2n) is 7.23. The predicted molar refractivity (Wildman–Crippen MR) is 86.6 cm³/mol. The van der Waals surface area contributed by atoms with Crippen LogP contribution in [-0.2, 0) is 17.8 Å². The Labute approximate surface area is 137 Å². The van der Waals surface area contributed by atoms with Gasteiger partial charge < -0.3 is 14.8 Å². The fourth-order valence-electron chi connectivity index (χ4n) is 4.03. The molecular weight excluding hydrogens is 292 g/mol. The van der Waals surface area contributed by atoms with Crippen molar-refractivity contribution in [3.05, 3.63) is 17.8 Å². The lowest BCUT2D eigenvalue weighted by molar-refractivity contribution is -0.154. The van der Waals surface area contributed by atoms with E-state index in [1.54, 1.807) is 6.20 Å². The molecule has 5 nitrogen and oxygen atoms in total. The van der Waals surface area contributed by atoms with Crippen LogP contribution in [0.4, 0.5) is 0 Å². The van der Waals surface area contributed by atoms with Crippen LogP contribution in [0.25, 0.3) is 0 Å². The van der Waals surface area contributed by atoms with Gasteiger partial charge in [0, 0.05) is 12.3 Å². The van der Waals surface area contributed by atoms with Gasteiger partial charge in [0.1, 0.15) is 5.76 Å². The van der Waals surface area contributed by atoms with Crippen molar-refractivity contribution in [1.29, 1.82) is 0 Å². The quantitative estimate of drug-likeness (QED) is 0.845. The van der Waals surface area contributed by atoms with Gasteiger partial charge in [-0.3, -0.25) is 4.79 Å². The summed E-state index contributed by atoms with van der Waals surface area (Å²) in [6.07, 6.45) is 10.7. The van der Waals surface area contributed by atoms with E-state index in [1.807, 2.05) is 0 Å². The highest BCUT2D eigenvalue weighted by molar-refractivity contribution is 5.79. The Morgan fingerprint density at radius 2 is 2.13 bits per heavy atom. The number of nitrogens with zero attached hydrogens (tertiary/aromatic N) is 1. The molecule has 0 spiro atoms. The molecule has 3 rings (SSSR count). The highest BCUT2D eigenvalue weighted by Crippen LogP contribution is 2.48. The van der Waals surface area contributed by atoms with Crippen molar-refractivity contribution in [2.75, 3.05) is 0 Å². The Morgan fingerprint density at radius 3 is 2.83 bits per heavy atom. The van der Waals surface area contributed by atoms with Gasteiger partial charge in [-0.1, -0.05) is 26.2 Å². The van der Waals surface area contributed by atoms with Crippen LogP contribution in [0, 0.1) is 11.8 Å². The number of aliphatic hydroxyl groups is 1. The van der Waals surface area contributed by atoms with Crippen molar-refractivity contribution in [2.45, 2.75) is 76.9 Å². The first-order valence-electron chi connectivity index (χ1n) is 9.04. The summed E-state index contributed by atoms with van der Waals surface area (Å²) in [5, 5.41) is 13.6. The first-order chi connectivity index (χ1) is 11.1. The maximum Gasteiger partial charge on any atom is 0.223 e. The van der Waals surface area contributed by atoms with Crippen molar-refractivity contribution in [1.82, 2.24) is 10.3 Å². The van der Waals surface area contributed by atoms with E-state index in [9.17, 15) is 9.90 Å². The molecule has 0 atom stereocenters. The standard InChI is InChI=1S/C18H28N2O3/c1-2-6-16-19-11-15(23-16)12-20-17(21)13-9-18(22,10-13)14-7-4-3-5-8-14/h11,13-14,22H,2-10,12H2,1H3,(H,20,21). The zero-order valence-electron chi connectivity index (χ0n) is 14.0. The average molecular weight is 320 g/mol. The van der Waals surface area contributed by atoms with E-state index in [0.717, 1.165) is 31.6 Å². The largest absolute Gasteiger partial charge is 0.444 e. The minimum absolute atomic E-state index is 0.0268. The van der Waals surface area contributed by atoms with Gasteiger partial charge in [-0.15, -0.1) is 0 Å². The summed E-state index contributed by atoms with van der Waals surface area (Å²) >= 11 is 0. The minimum Gasteiger partial charge on any atom is -0.444 e. The maximum absolute atomic E-state index is 12.2. The summed E-state index contributed by atoms with van der Waals surface area (Å²) in [5.41, 5.74) is -0.594. The maximum atomic E-state index is 12.2. The summed E-state index contributed by atoms with van der Waals surface area (Å²) < 4.78 is 5.57. The molecule has 0 aromatic carbocycles. The summed E-state index contributed by atoms with van der Waals surface area (Å²) in [6, 6.07) is 0. The van der Waals surface area contributed by atoms with Crippen molar-refractivity contribution in [3.8, 4) is 0 Å². The first kappa shape index (κ1) is 16.5. The number of rotatable bonds is 6. The molecule has 1 heterocycles. The van der Waals surface area contributed by atoms with Crippen LogP contribution in [0.3, 0.4) is 0 Å². The third-order valence-corrected chi connectivity index (χ3v) is 5.44. The molecule has 128 valence electrons. The molecule has 0 radical (unpaired) electrons. The fraction of sp³-hybridized carbons (Fsp3) is 0.778. The van der Waals surface area contributed by atoms with E-state index in [-0.39, 0.29) is 11.8 Å². The summed E-state index contributed by atoms with van der Waals surface area (Å²) in [7, 11) is 0. The van der Waals surface area contributed by atoms with E-state index in [2.05, 4.69) is 17.2 Å². The topological polar surface area (TPSA) is 75.4 Å². The SMILES string of the molecule is CCCc1ncc(CNC(=O)C2CC(O)(C3CCCCC3)C2)o1. The number of nitrogens with one attached hydrogen (secondary N) is 1. The molecule has 2 N–H and O–H groups in total. The lowest BCUT2D eigenvalue weighted by Gasteiger charge is -2.49. The molecule has 1 aromatic rings. The van der Waals surface area contributed by atoms with Crippen molar-refractivity contribution in [2.24, 2.45) is 11.8 Å². The number of hydrogen-bond acceptors (Lipinski definition) is 4. The molecule has 0 aliphatic heterocycles. The van der Waals surface area contributed by atoms with Gasteiger partial charge in [0.05, 0.1) is 18.3 Å². The Balaban J connectivity index is 1.43. The molecule has 2 aliphatic rings. The highest BCUT2D eigenvalue weighted by atomic mass is 16.4.